The van der Waals surface area contributed by atoms with Crippen LogP contribution < -0.4 is 5.32 Å². The third kappa shape index (κ3) is 4.58. The number of aryl methyl sites for hydroxylation is 1. The zero-order valence-corrected chi connectivity index (χ0v) is 15.2. The summed E-state index contributed by atoms with van der Waals surface area (Å²) in [5.41, 5.74) is 2.53. The molecule has 130 valence electrons. The summed E-state index contributed by atoms with van der Waals surface area (Å²) in [5, 5.41) is 3.27. The Kier molecular flexibility index (Phi) is 6.03. The van der Waals surface area contributed by atoms with Crippen LogP contribution >= 0.6 is 11.3 Å². The largest absolute Gasteiger partial charge is 0.382 e. The van der Waals surface area contributed by atoms with Crippen molar-refractivity contribution >= 4 is 17.3 Å². The third-order valence-electron chi connectivity index (χ3n) is 3.55. The summed E-state index contributed by atoms with van der Waals surface area (Å²) in [6.07, 6.45) is 7.80. The van der Waals surface area contributed by atoms with Gasteiger partial charge in [-0.25, -0.2) is 9.97 Å². The van der Waals surface area contributed by atoms with Gasteiger partial charge in [0.15, 0.2) is 0 Å². The van der Waals surface area contributed by atoms with Gasteiger partial charge in [-0.1, -0.05) is 0 Å². The molecule has 3 aromatic heterocycles. The number of ether oxygens (including phenoxy) is 1. The first-order chi connectivity index (χ1) is 12.3. The van der Waals surface area contributed by atoms with Crippen molar-refractivity contribution < 1.29 is 4.74 Å². The summed E-state index contributed by atoms with van der Waals surface area (Å²) in [4.78, 5) is 20.1. The Morgan fingerprint density at radius 2 is 2.08 bits per heavy atom. The molecule has 25 heavy (non-hydrogen) atoms. The lowest BCUT2D eigenvalue weighted by Crippen LogP contribution is -2.09. The molecule has 6 nitrogen and oxygen atoms in total. The molecule has 0 aromatic carbocycles. The molecule has 3 aromatic rings. The van der Waals surface area contributed by atoms with Crippen LogP contribution in [0.5, 0.6) is 0 Å². The molecule has 0 unspecified atom stereocenters. The van der Waals surface area contributed by atoms with E-state index in [0.29, 0.717) is 5.95 Å². The highest BCUT2D eigenvalue weighted by atomic mass is 32.1. The summed E-state index contributed by atoms with van der Waals surface area (Å²) in [6.45, 7) is 6.33. The van der Waals surface area contributed by atoms with E-state index in [0.717, 1.165) is 48.0 Å². The Morgan fingerprint density at radius 3 is 2.80 bits per heavy atom. The van der Waals surface area contributed by atoms with Crippen LogP contribution in [0.25, 0.3) is 21.8 Å². The molecule has 0 aliphatic carbocycles. The van der Waals surface area contributed by atoms with Gasteiger partial charge in [-0.05, 0) is 32.4 Å². The topological polar surface area (TPSA) is 72.8 Å². The number of anilines is 1. The van der Waals surface area contributed by atoms with Gasteiger partial charge in [0.25, 0.3) is 0 Å². The third-order valence-corrected chi connectivity index (χ3v) is 4.56. The second kappa shape index (κ2) is 8.64. The van der Waals surface area contributed by atoms with Crippen molar-refractivity contribution in [3.63, 3.8) is 0 Å². The van der Waals surface area contributed by atoms with Gasteiger partial charge in [-0.3, -0.25) is 9.97 Å². The summed E-state index contributed by atoms with van der Waals surface area (Å²) in [5.74, 6) is 0.616. The number of nitrogens with zero attached hydrogens (tertiary/aromatic N) is 4. The van der Waals surface area contributed by atoms with Crippen molar-refractivity contribution in [2.75, 3.05) is 25.1 Å². The van der Waals surface area contributed by atoms with Crippen molar-refractivity contribution in [2.45, 2.75) is 20.3 Å². The van der Waals surface area contributed by atoms with Gasteiger partial charge in [0.1, 0.15) is 0 Å². The van der Waals surface area contributed by atoms with Crippen LogP contribution in [0.3, 0.4) is 0 Å². The number of aromatic nitrogens is 4. The van der Waals surface area contributed by atoms with E-state index >= 15 is 0 Å². The van der Waals surface area contributed by atoms with E-state index in [-0.39, 0.29) is 0 Å². The molecular weight excluding hydrogens is 334 g/mol. The highest BCUT2D eigenvalue weighted by molar-refractivity contribution is 7.15. The summed E-state index contributed by atoms with van der Waals surface area (Å²) in [7, 11) is 0. The Labute approximate surface area is 151 Å². The number of rotatable bonds is 8. The summed E-state index contributed by atoms with van der Waals surface area (Å²) in [6, 6.07) is 4.18. The molecule has 0 saturated heterocycles. The minimum absolute atomic E-state index is 0.616. The second-order valence-corrected chi connectivity index (χ2v) is 6.72. The molecule has 0 atom stereocenters. The van der Waals surface area contributed by atoms with Crippen LogP contribution in [0, 0.1) is 6.92 Å². The van der Waals surface area contributed by atoms with Crippen molar-refractivity contribution in [3.8, 4) is 21.8 Å². The Hall–Kier alpha value is -2.38. The number of hydrogen-bond acceptors (Lipinski definition) is 7. The van der Waals surface area contributed by atoms with E-state index in [9.17, 15) is 0 Å². The fraction of sp³-hybridized carbons (Fsp3) is 0.333. The van der Waals surface area contributed by atoms with Crippen LogP contribution in [0.1, 0.15) is 18.2 Å². The Balaban J connectivity index is 1.86. The first kappa shape index (κ1) is 17.4. The second-order valence-electron chi connectivity index (χ2n) is 5.43. The highest BCUT2D eigenvalue weighted by Gasteiger charge is 2.14. The first-order valence-electron chi connectivity index (χ1n) is 8.29. The number of hydrogen-bond donors (Lipinski definition) is 1. The van der Waals surface area contributed by atoms with E-state index in [1.54, 1.807) is 29.9 Å². The monoisotopic (exact) mass is 355 g/mol. The Bertz CT molecular complexity index is 806. The minimum Gasteiger partial charge on any atom is -0.382 e. The SMILES string of the molecule is CCOCCCNc1ncc(-c2cnccn2)c(-c2ccc(C)s2)n1. The standard InChI is InChI=1S/C18H21N5OS/c1-3-24-10-4-7-21-18-22-11-14(15-12-19-8-9-20-15)17(23-18)16-6-5-13(2)25-16/h5-6,8-9,11-12H,3-4,7,10H2,1-2H3,(H,21,22,23). The molecule has 0 aliphatic heterocycles. The lowest BCUT2D eigenvalue weighted by Gasteiger charge is -2.10. The molecule has 0 spiro atoms. The van der Waals surface area contributed by atoms with Crippen molar-refractivity contribution in [3.05, 3.63) is 41.8 Å². The lowest BCUT2D eigenvalue weighted by molar-refractivity contribution is 0.147. The van der Waals surface area contributed by atoms with E-state index in [4.69, 9.17) is 9.72 Å². The molecule has 0 fully saturated rings. The smallest absolute Gasteiger partial charge is 0.223 e. The van der Waals surface area contributed by atoms with Crippen LogP contribution in [0.15, 0.2) is 36.9 Å². The summed E-state index contributed by atoms with van der Waals surface area (Å²) < 4.78 is 5.35. The molecule has 0 bridgehead atoms. The van der Waals surface area contributed by atoms with Gasteiger partial charge in [0.05, 0.1) is 22.5 Å². The first-order valence-corrected chi connectivity index (χ1v) is 9.11. The molecule has 1 N–H and O–H groups in total. The molecule has 0 amide bonds. The van der Waals surface area contributed by atoms with Gasteiger partial charge < -0.3 is 10.1 Å². The molecule has 3 heterocycles. The van der Waals surface area contributed by atoms with Gasteiger partial charge >= 0.3 is 0 Å². The fourth-order valence-electron chi connectivity index (χ4n) is 2.36. The van der Waals surface area contributed by atoms with Gasteiger partial charge in [0.2, 0.25) is 5.95 Å². The fourth-order valence-corrected chi connectivity index (χ4v) is 3.23. The molecule has 7 heteroatoms. The maximum absolute atomic E-state index is 5.35. The van der Waals surface area contributed by atoms with Crippen LogP contribution in [-0.2, 0) is 4.74 Å². The zero-order valence-electron chi connectivity index (χ0n) is 14.4. The molecule has 0 aliphatic rings. The van der Waals surface area contributed by atoms with E-state index in [2.05, 4.69) is 39.3 Å². The molecule has 0 saturated carbocycles. The Morgan fingerprint density at radius 1 is 1.16 bits per heavy atom. The summed E-state index contributed by atoms with van der Waals surface area (Å²) >= 11 is 1.71. The zero-order chi connectivity index (χ0) is 17.5. The highest BCUT2D eigenvalue weighted by Crippen LogP contribution is 2.33. The van der Waals surface area contributed by atoms with Crippen molar-refractivity contribution in [1.29, 1.82) is 0 Å². The molecule has 3 rings (SSSR count). The van der Waals surface area contributed by atoms with Crippen LogP contribution in [0.4, 0.5) is 5.95 Å². The average molecular weight is 355 g/mol. The van der Waals surface area contributed by atoms with Crippen molar-refractivity contribution in [1.82, 2.24) is 19.9 Å². The van der Waals surface area contributed by atoms with Crippen molar-refractivity contribution in [2.24, 2.45) is 0 Å². The predicted molar refractivity (Wildman–Crippen MR) is 101 cm³/mol. The van der Waals surface area contributed by atoms with Gasteiger partial charge in [-0.15, -0.1) is 11.3 Å². The van der Waals surface area contributed by atoms with E-state index < -0.39 is 0 Å². The van der Waals surface area contributed by atoms with Gasteiger partial charge in [-0.2, -0.15) is 0 Å². The maximum Gasteiger partial charge on any atom is 0.223 e. The van der Waals surface area contributed by atoms with Crippen LogP contribution in [-0.4, -0.2) is 39.7 Å². The quantitative estimate of drug-likeness (QED) is 0.620. The molecular formula is C18H21N5OS. The van der Waals surface area contributed by atoms with Gasteiger partial charge in [0, 0.05) is 48.8 Å². The normalized spacial score (nSPS) is 10.8. The van der Waals surface area contributed by atoms with E-state index in [1.165, 1.54) is 4.88 Å². The maximum atomic E-state index is 5.35. The predicted octanol–water partition coefficient (Wildman–Crippen LogP) is 3.81. The lowest BCUT2D eigenvalue weighted by atomic mass is 10.1. The average Bonchev–Trinajstić information content (AvgIpc) is 3.08. The number of nitrogens with one attached hydrogen (secondary N) is 1. The number of thiophene rings is 1. The minimum atomic E-state index is 0.616. The molecule has 0 radical (unpaired) electrons. The van der Waals surface area contributed by atoms with E-state index in [1.807, 2.05) is 13.1 Å². The van der Waals surface area contributed by atoms with Crippen LogP contribution in [0.2, 0.25) is 0 Å².